The summed E-state index contributed by atoms with van der Waals surface area (Å²) >= 11 is 0. The van der Waals surface area contributed by atoms with Gasteiger partial charge in [-0.05, 0) is 24.6 Å². The summed E-state index contributed by atoms with van der Waals surface area (Å²) < 4.78 is 0. The minimum atomic E-state index is -0.505. The zero-order valence-corrected chi connectivity index (χ0v) is 10.7. The van der Waals surface area contributed by atoms with Crippen molar-refractivity contribution in [1.29, 1.82) is 0 Å². The Kier molecular flexibility index (Phi) is 4.09. The molecule has 7 nitrogen and oxygen atoms in total. The lowest BCUT2D eigenvalue weighted by Crippen LogP contribution is -2.07. The monoisotopic (exact) mass is 276 g/mol. The fourth-order valence-electron chi connectivity index (χ4n) is 1.70. The Morgan fingerprint density at radius 3 is 2.90 bits per heavy atom. The van der Waals surface area contributed by atoms with Crippen molar-refractivity contribution in [2.24, 2.45) is 0 Å². The molecule has 7 heteroatoms. The molecule has 0 aliphatic heterocycles. The van der Waals surface area contributed by atoms with Crippen LogP contribution in [-0.4, -0.2) is 15.9 Å². The van der Waals surface area contributed by atoms with Gasteiger partial charge in [0.1, 0.15) is 5.52 Å². The Morgan fingerprint density at radius 1 is 1.40 bits per heavy atom. The molecule has 0 radical (unpaired) electrons. The van der Waals surface area contributed by atoms with Gasteiger partial charge in [0.05, 0.1) is 10.3 Å². The highest BCUT2D eigenvalue weighted by Crippen LogP contribution is 2.31. The Bertz CT molecular complexity index is 656. The summed E-state index contributed by atoms with van der Waals surface area (Å²) in [7, 11) is 0. The van der Waals surface area contributed by atoms with Gasteiger partial charge in [0.2, 0.25) is 5.75 Å². The average Bonchev–Trinajstić information content (AvgIpc) is 2.44. The van der Waals surface area contributed by atoms with Gasteiger partial charge >= 0.3 is 5.97 Å². The number of rotatable bonds is 5. The third-order valence-electron chi connectivity index (χ3n) is 2.58. The van der Waals surface area contributed by atoms with Gasteiger partial charge < -0.3 is 0 Å². The van der Waals surface area contributed by atoms with Gasteiger partial charge in [-0.2, -0.15) is 0 Å². The summed E-state index contributed by atoms with van der Waals surface area (Å²) in [5.74, 6) is -0.342. The first-order valence-corrected chi connectivity index (χ1v) is 6.03. The normalized spacial score (nSPS) is 10.2. The third kappa shape index (κ3) is 2.82. The van der Waals surface area contributed by atoms with E-state index < -0.39 is 10.9 Å². The zero-order valence-electron chi connectivity index (χ0n) is 10.7. The lowest BCUT2D eigenvalue weighted by Gasteiger charge is -2.06. The molecule has 2 aromatic rings. The molecule has 2 rings (SSSR count). The highest BCUT2D eigenvalue weighted by atomic mass is 17.2. The van der Waals surface area contributed by atoms with E-state index in [4.69, 9.17) is 4.89 Å². The first-order valence-electron chi connectivity index (χ1n) is 6.03. The van der Waals surface area contributed by atoms with Crippen LogP contribution in [0.2, 0.25) is 0 Å². The van der Waals surface area contributed by atoms with Gasteiger partial charge in [0, 0.05) is 18.7 Å². The van der Waals surface area contributed by atoms with Crippen molar-refractivity contribution in [2.45, 2.75) is 19.8 Å². The highest BCUT2D eigenvalue weighted by molar-refractivity contribution is 5.92. The summed E-state index contributed by atoms with van der Waals surface area (Å²) in [6, 6.07) is 5.78. The summed E-state index contributed by atoms with van der Waals surface area (Å²) in [4.78, 5) is 35.3. The third-order valence-corrected chi connectivity index (χ3v) is 2.58. The number of nitro groups is 1. The van der Waals surface area contributed by atoms with Gasteiger partial charge in [0.15, 0.2) is 0 Å². The maximum atomic E-state index is 11.3. The predicted octanol–water partition coefficient (Wildman–Crippen LogP) is 2.78. The van der Waals surface area contributed by atoms with Crippen molar-refractivity contribution in [3.8, 4) is 5.75 Å². The standard InChI is InChI=1S/C13H12N2O5/c1-2-4-12(16)20-19-11-7-6-10(15(17)18)9-5-3-8-14-13(9)11/h3,5-8H,2,4H2,1H3. The number of nitro benzene ring substituents is 1. The molecule has 0 unspecified atom stereocenters. The summed E-state index contributed by atoms with van der Waals surface area (Å²) in [6.45, 7) is 1.84. The second kappa shape index (κ2) is 5.96. The number of fused-ring (bicyclic) bond motifs is 1. The topological polar surface area (TPSA) is 91.6 Å². The number of non-ortho nitro benzene ring substituents is 1. The molecule has 20 heavy (non-hydrogen) atoms. The van der Waals surface area contributed by atoms with Crippen molar-refractivity contribution in [1.82, 2.24) is 4.98 Å². The molecule has 0 atom stereocenters. The summed E-state index contributed by atoms with van der Waals surface area (Å²) in [6.07, 6.45) is 2.35. The minimum absolute atomic E-state index is 0.0830. The number of hydrogen-bond donors (Lipinski definition) is 0. The number of carbonyl (C=O) groups excluding carboxylic acids is 1. The van der Waals surface area contributed by atoms with E-state index in [1.54, 1.807) is 12.1 Å². The van der Waals surface area contributed by atoms with Crippen molar-refractivity contribution < 1.29 is 19.5 Å². The number of benzene rings is 1. The molecule has 0 amide bonds. The van der Waals surface area contributed by atoms with Gasteiger partial charge in [-0.1, -0.05) is 6.92 Å². The quantitative estimate of drug-likeness (QED) is 0.473. The van der Waals surface area contributed by atoms with Crippen LogP contribution < -0.4 is 4.89 Å². The number of hydrogen-bond acceptors (Lipinski definition) is 6. The maximum Gasteiger partial charge on any atom is 0.355 e. The van der Waals surface area contributed by atoms with E-state index in [1.807, 2.05) is 6.92 Å². The van der Waals surface area contributed by atoms with Crippen LogP contribution in [-0.2, 0) is 9.68 Å². The number of carbonyl (C=O) groups is 1. The molecule has 0 saturated heterocycles. The largest absolute Gasteiger partial charge is 0.355 e. The SMILES string of the molecule is CCCC(=O)OOc1ccc([N+](=O)[O-])c2cccnc12. The summed E-state index contributed by atoms with van der Waals surface area (Å²) in [5.41, 5.74) is 0.186. The molecule has 1 aromatic heterocycles. The van der Waals surface area contributed by atoms with E-state index in [1.165, 1.54) is 18.3 Å². The zero-order chi connectivity index (χ0) is 14.5. The second-order valence-corrected chi connectivity index (χ2v) is 4.03. The number of pyridine rings is 1. The van der Waals surface area contributed by atoms with Crippen LogP contribution >= 0.6 is 0 Å². The molecular weight excluding hydrogens is 264 g/mol. The van der Waals surface area contributed by atoms with Crippen LogP contribution in [0, 0.1) is 10.1 Å². The Morgan fingerprint density at radius 2 is 2.20 bits per heavy atom. The van der Waals surface area contributed by atoms with Gasteiger partial charge in [-0.3, -0.25) is 24.9 Å². The Labute approximate surface area is 114 Å². The van der Waals surface area contributed by atoms with Crippen LogP contribution in [0.15, 0.2) is 30.5 Å². The highest BCUT2D eigenvalue weighted by Gasteiger charge is 2.17. The predicted molar refractivity (Wildman–Crippen MR) is 70.0 cm³/mol. The molecule has 1 aromatic carbocycles. The number of aromatic nitrogens is 1. The minimum Gasteiger partial charge on any atom is -0.285 e. The maximum absolute atomic E-state index is 11.3. The fourth-order valence-corrected chi connectivity index (χ4v) is 1.70. The van der Waals surface area contributed by atoms with E-state index >= 15 is 0 Å². The number of nitrogens with zero attached hydrogens (tertiary/aromatic N) is 2. The molecule has 0 saturated carbocycles. The van der Waals surface area contributed by atoms with Crippen LogP contribution in [0.1, 0.15) is 19.8 Å². The van der Waals surface area contributed by atoms with Crippen LogP contribution in [0.3, 0.4) is 0 Å². The van der Waals surface area contributed by atoms with Crippen molar-refractivity contribution in [3.63, 3.8) is 0 Å². The van der Waals surface area contributed by atoms with E-state index in [9.17, 15) is 14.9 Å². The van der Waals surface area contributed by atoms with Crippen molar-refractivity contribution in [3.05, 3.63) is 40.6 Å². The molecule has 1 heterocycles. The van der Waals surface area contributed by atoms with Crippen molar-refractivity contribution in [2.75, 3.05) is 0 Å². The second-order valence-electron chi connectivity index (χ2n) is 4.03. The van der Waals surface area contributed by atoms with E-state index in [2.05, 4.69) is 9.87 Å². The lowest BCUT2D eigenvalue weighted by atomic mass is 10.2. The Balaban J connectivity index is 2.33. The Hall–Kier alpha value is -2.70. The molecular formula is C13H12N2O5. The molecule has 104 valence electrons. The molecule has 0 N–H and O–H groups in total. The van der Waals surface area contributed by atoms with Crippen LogP contribution in [0.4, 0.5) is 5.69 Å². The first-order chi connectivity index (χ1) is 9.63. The summed E-state index contributed by atoms with van der Waals surface area (Å²) in [5, 5.41) is 11.2. The smallest absolute Gasteiger partial charge is 0.285 e. The van der Waals surface area contributed by atoms with E-state index in [0.29, 0.717) is 11.8 Å². The molecule has 0 aliphatic carbocycles. The fraction of sp³-hybridized carbons (Fsp3) is 0.231. The van der Waals surface area contributed by atoms with Crippen molar-refractivity contribution >= 4 is 22.6 Å². The average molecular weight is 276 g/mol. The molecule has 0 spiro atoms. The lowest BCUT2D eigenvalue weighted by molar-refractivity contribution is -0.383. The van der Waals surface area contributed by atoms with Crippen LogP contribution in [0.25, 0.3) is 10.9 Å². The van der Waals surface area contributed by atoms with E-state index in [0.717, 1.165) is 0 Å². The molecule has 0 aliphatic rings. The molecule has 0 bridgehead atoms. The van der Waals surface area contributed by atoms with Gasteiger partial charge in [-0.15, -0.1) is 0 Å². The first kappa shape index (κ1) is 13.7. The van der Waals surface area contributed by atoms with Crippen LogP contribution in [0.5, 0.6) is 5.75 Å². The van der Waals surface area contributed by atoms with Gasteiger partial charge in [0.25, 0.3) is 5.69 Å². The molecule has 0 fully saturated rings. The van der Waals surface area contributed by atoms with E-state index in [-0.39, 0.29) is 23.4 Å². The van der Waals surface area contributed by atoms with Gasteiger partial charge in [-0.25, -0.2) is 4.79 Å².